The maximum absolute atomic E-state index is 8.92. The van der Waals surface area contributed by atoms with Gasteiger partial charge in [-0.3, -0.25) is 0 Å². The smallest absolute Gasteiger partial charge is 0.844 e. The van der Waals surface area contributed by atoms with E-state index < -0.39 is 6.72 Å². The van der Waals surface area contributed by atoms with E-state index in [1.807, 2.05) is 0 Å². The molecule has 6 heteroatoms. The molecule has 3 nitrogen and oxygen atoms in total. The fraction of sp³-hybridized carbons (Fsp3) is 0. The minimum absolute atomic E-state index is 0. The Labute approximate surface area is 60.8 Å². The van der Waals surface area contributed by atoms with Crippen LogP contribution in [-0.4, -0.2) is 0 Å². The van der Waals surface area contributed by atoms with Crippen LogP contribution in [0.5, 0.6) is 0 Å². The Morgan fingerprint density at radius 3 is 1.17 bits per heavy atom. The molecule has 0 aromatic rings. The van der Waals surface area contributed by atoms with Crippen molar-refractivity contribution < 1.29 is 42.3 Å². The van der Waals surface area contributed by atoms with Crippen LogP contribution in [0.25, 0.3) is 0 Å². The summed E-state index contributed by atoms with van der Waals surface area (Å²) in [5.74, 6) is 0. The van der Waals surface area contributed by atoms with E-state index >= 15 is 0 Å². The summed E-state index contributed by atoms with van der Waals surface area (Å²) in [5, 5.41) is 0. The molecule has 0 N–H and O–H groups in total. The predicted molar refractivity (Wildman–Crippen MR) is 14.3 cm³/mol. The molecular weight excluding hydrogens is 312 g/mol. The van der Waals surface area contributed by atoms with Crippen LogP contribution in [0.2, 0.25) is 0 Å². The molecule has 0 radical (unpaired) electrons. The van der Waals surface area contributed by atoms with Crippen LogP contribution < -0.4 is 14.7 Å². The first-order valence-electron chi connectivity index (χ1n) is 0.730. The van der Waals surface area contributed by atoms with E-state index in [0.717, 1.165) is 0 Å². The molecule has 0 fully saturated rings. The summed E-state index contributed by atoms with van der Waals surface area (Å²) in [6, 6.07) is 0. The van der Waals surface area contributed by atoms with E-state index in [1.165, 1.54) is 0 Å². The van der Waals surface area contributed by atoms with Gasteiger partial charge in [0.05, 0.1) is 0 Å². The summed E-state index contributed by atoms with van der Waals surface area (Å²) in [7, 11) is 0. The minimum Gasteiger partial charge on any atom is -0.844 e. The molecule has 0 saturated carbocycles. The van der Waals surface area contributed by atoms with Gasteiger partial charge < -0.3 is 21.4 Å². The molecule has 0 aliphatic rings. The summed E-state index contributed by atoms with van der Waals surface area (Å²) < 4.78 is 0. The van der Waals surface area contributed by atoms with Gasteiger partial charge in [0.25, 0.3) is 0 Å². The Kier molecular flexibility index (Phi) is 6.03. The maximum atomic E-state index is 8.92. The maximum Gasteiger partial charge on any atom is 3.00 e. The normalized spacial score (nSPS) is 9.83. The van der Waals surface area contributed by atoms with Gasteiger partial charge in [0.2, 0.25) is 0 Å². The summed E-state index contributed by atoms with van der Waals surface area (Å²) >= 11 is 3.27. The van der Waals surface area contributed by atoms with E-state index in [4.69, 9.17) is 14.7 Å². The van der Waals surface area contributed by atoms with E-state index in [1.54, 1.807) is 0 Å². The molecule has 0 heterocycles. The molecular formula is HgO3PS. The third kappa shape index (κ3) is 50.8. The zero-order valence-electron chi connectivity index (χ0n) is 2.79. The Hall–Kier alpha value is 1.47. The molecule has 31 valence electrons. The van der Waals surface area contributed by atoms with E-state index in [0.29, 0.717) is 0 Å². The first kappa shape index (κ1) is 10.4. The molecule has 0 atom stereocenters. The van der Waals surface area contributed by atoms with Crippen molar-refractivity contribution in [1.82, 2.24) is 0 Å². The zero-order valence-corrected chi connectivity index (χ0v) is 10.00. The average Bonchev–Trinajstić information content (AvgIpc) is 0.722. The SMILES string of the molecule is [Hg+3].[O-]P([O-])([O-])=S. The molecule has 0 rings (SSSR count). The van der Waals surface area contributed by atoms with Crippen molar-refractivity contribution in [3.05, 3.63) is 0 Å². The Morgan fingerprint density at radius 2 is 1.17 bits per heavy atom. The molecule has 0 unspecified atom stereocenters. The van der Waals surface area contributed by atoms with Crippen molar-refractivity contribution in [2.45, 2.75) is 0 Å². The second-order valence-corrected chi connectivity index (χ2v) is 2.68. The molecule has 0 bridgehead atoms. The van der Waals surface area contributed by atoms with Gasteiger partial charge in [-0.1, -0.05) is 0 Å². The molecule has 0 spiro atoms. The van der Waals surface area contributed by atoms with Crippen molar-refractivity contribution in [3.63, 3.8) is 0 Å². The van der Waals surface area contributed by atoms with E-state index in [9.17, 15) is 0 Å². The van der Waals surface area contributed by atoms with Gasteiger partial charge in [-0.05, 0) is 0 Å². The van der Waals surface area contributed by atoms with E-state index in [2.05, 4.69) is 11.8 Å². The fourth-order valence-corrected chi connectivity index (χ4v) is 0. The minimum atomic E-state index is -4.56. The molecule has 0 aromatic carbocycles. The van der Waals surface area contributed by atoms with Gasteiger partial charge in [0.15, 0.2) is 0 Å². The summed E-state index contributed by atoms with van der Waals surface area (Å²) in [4.78, 5) is 26.8. The third-order valence-corrected chi connectivity index (χ3v) is 0. The van der Waals surface area contributed by atoms with Crippen LogP contribution in [0, 0.1) is 0 Å². The second kappa shape index (κ2) is 3.46. The second-order valence-electron chi connectivity index (χ2n) is 0.447. The summed E-state index contributed by atoms with van der Waals surface area (Å²) in [6.07, 6.45) is 0. The molecule has 0 aliphatic carbocycles. The fourth-order valence-electron chi connectivity index (χ4n) is 0. The van der Waals surface area contributed by atoms with Crippen molar-refractivity contribution in [2.24, 2.45) is 0 Å². The molecule has 0 aromatic heterocycles. The molecule has 0 aliphatic heterocycles. The van der Waals surface area contributed by atoms with Crippen LogP contribution in [0.15, 0.2) is 0 Å². The summed E-state index contributed by atoms with van der Waals surface area (Å²) in [6.45, 7) is -4.56. The standard InChI is InChI=1S/Hg.H3O3PS/c;1-4(2,3)5/h;(H3,1,2,3,5)/q+3;/p-3. The monoisotopic (exact) mass is 313 g/mol. The van der Waals surface area contributed by atoms with Gasteiger partial charge in [0.1, 0.15) is 0 Å². The van der Waals surface area contributed by atoms with Gasteiger partial charge in [-0.2, -0.15) is 11.8 Å². The molecule has 0 saturated heterocycles. The van der Waals surface area contributed by atoms with Gasteiger partial charge in [0, 0.05) is 0 Å². The predicted octanol–water partition coefficient (Wildman–Crippen LogP) is -2.71. The van der Waals surface area contributed by atoms with Crippen molar-refractivity contribution >= 4 is 18.5 Å². The van der Waals surface area contributed by atoms with Crippen molar-refractivity contribution in [3.8, 4) is 0 Å². The number of rotatable bonds is 0. The van der Waals surface area contributed by atoms with Gasteiger partial charge in [-0.15, -0.1) is 0 Å². The number of hydrogen-bond acceptors (Lipinski definition) is 4. The zero-order chi connectivity index (χ0) is 4.50. The largest absolute Gasteiger partial charge is 3.00 e. The van der Waals surface area contributed by atoms with Gasteiger partial charge >= 0.3 is 27.7 Å². The third-order valence-electron chi connectivity index (χ3n) is 0. The molecule has 6 heavy (non-hydrogen) atoms. The molecule has 0 amide bonds. The van der Waals surface area contributed by atoms with Gasteiger partial charge in [-0.25, -0.2) is 0 Å². The van der Waals surface area contributed by atoms with E-state index in [-0.39, 0.29) is 27.7 Å². The first-order valence-corrected chi connectivity index (χ1v) is 3.29. The average molecular weight is 312 g/mol. The Balaban J connectivity index is 0. The van der Waals surface area contributed by atoms with Crippen LogP contribution in [0.3, 0.4) is 0 Å². The van der Waals surface area contributed by atoms with Crippen molar-refractivity contribution in [2.75, 3.05) is 0 Å². The quantitative estimate of drug-likeness (QED) is 0.360. The van der Waals surface area contributed by atoms with Crippen LogP contribution in [0.1, 0.15) is 0 Å². The summed E-state index contributed by atoms with van der Waals surface area (Å²) in [5.41, 5.74) is 0. The first-order chi connectivity index (χ1) is 2.00. The van der Waals surface area contributed by atoms with Crippen molar-refractivity contribution in [1.29, 1.82) is 0 Å². The van der Waals surface area contributed by atoms with Crippen LogP contribution in [-0.2, 0) is 39.5 Å². The topological polar surface area (TPSA) is 69.2 Å². The number of hydrogen-bond donors (Lipinski definition) is 0. The van der Waals surface area contributed by atoms with Crippen LogP contribution in [0.4, 0.5) is 0 Å². The Bertz CT molecular complexity index is 56.9. The van der Waals surface area contributed by atoms with Crippen LogP contribution >= 0.6 is 6.72 Å². The Morgan fingerprint density at radius 1 is 1.17 bits per heavy atom.